The van der Waals surface area contributed by atoms with Crippen LogP contribution in [-0.4, -0.2) is 71.7 Å². The summed E-state index contributed by atoms with van der Waals surface area (Å²) in [7, 11) is 0. The smallest absolute Gasteiger partial charge is 0.260 e. The zero-order valence-electron chi connectivity index (χ0n) is 16.5. The summed E-state index contributed by atoms with van der Waals surface area (Å²) < 4.78 is 19.5. The molecule has 29 heavy (non-hydrogen) atoms. The number of allylic oxidation sites excluding steroid dienone is 1. The normalized spacial score (nSPS) is 23.5. The highest BCUT2D eigenvalue weighted by atomic mass is 19.1. The minimum absolute atomic E-state index is 0.102. The number of carbonyl (C=O) groups excluding carboxylic acids is 2. The molecule has 0 unspecified atom stereocenters. The van der Waals surface area contributed by atoms with E-state index in [1.165, 1.54) is 18.2 Å². The Kier molecular flexibility index (Phi) is 4.92. The fourth-order valence-corrected chi connectivity index (χ4v) is 3.98. The number of anilines is 1. The van der Waals surface area contributed by atoms with Crippen LogP contribution in [0.3, 0.4) is 0 Å². The number of ether oxygens (including phenoxy) is 1. The van der Waals surface area contributed by atoms with Crippen molar-refractivity contribution in [1.82, 2.24) is 9.80 Å². The summed E-state index contributed by atoms with van der Waals surface area (Å²) in [5.74, 6) is -0.610. The molecule has 4 rings (SSSR count). The number of aliphatic hydroxyl groups is 1. The van der Waals surface area contributed by atoms with Gasteiger partial charge in [0.1, 0.15) is 17.2 Å². The van der Waals surface area contributed by atoms with Gasteiger partial charge in [0.05, 0.1) is 23.4 Å². The number of carbonyl (C=O) groups is 2. The molecule has 154 valence electrons. The Bertz CT molecular complexity index is 930. The average molecular weight is 401 g/mol. The molecule has 0 radical (unpaired) electrons. The van der Waals surface area contributed by atoms with E-state index in [-0.39, 0.29) is 18.4 Å². The van der Waals surface area contributed by atoms with E-state index in [9.17, 15) is 14.0 Å². The van der Waals surface area contributed by atoms with Crippen molar-refractivity contribution in [2.24, 2.45) is 0 Å². The monoisotopic (exact) mass is 401 g/mol. The Hall–Kier alpha value is -2.71. The molecule has 0 atom stereocenters. The number of nitrogens with one attached hydrogen (secondary N) is 1. The van der Waals surface area contributed by atoms with Gasteiger partial charge >= 0.3 is 0 Å². The summed E-state index contributed by atoms with van der Waals surface area (Å²) in [5, 5.41) is 11.7. The minimum Gasteiger partial charge on any atom is -0.482 e. The standard InChI is InChI=1S/C21H24FN3O4/c1-21(2)15(20(28)25-7-5-24(6-8-25)9-10-26)12-17(29-21)18-14-4-3-13(22)11-16(14)23-19(18)27/h3-4,11-12,26H,5-10H2,1-2H3,(H,23,27)/b18-17+. The molecule has 1 aromatic rings. The third-order valence-electron chi connectivity index (χ3n) is 5.57. The number of nitrogens with zero attached hydrogens (tertiary/aromatic N) is 2. The molecule has 7 nitrogen and oxygen atoms in total. The molecule has 0 saturated carbocycles. The lowest BCUT2D eigenvalue weighted by Gasteiger charge is -2.35. The van der Waals surface area contributed by atoms with E-state index >= 15 is 0 Å². The van der Waals surface area contributed by atoms with Crippen molar-refractivity contribution in [3.63, 3.8) is 0 Å². The fraction of sp³-hybridized carbons (Fsp3) is 0.429. The maximum absolute atomic E-state index is 13.5. The van der Waals surface area contributed by atoms with Gasteiger partial charge in [-0.1, -0.05) is 0 Å². The Morgan fingerprint density at radius 3 is 2.69 bits per heavy atom. The number of β-amino-alcohol motifs (C(OH)–C–C–N with tert-alkyl or cyclic N) is 1. The number of hydrogen-bond donors (Lipinski definition) is 2. The van der Waals surface area contributed by atoms with Gasteiger partial charge in [0, 0.05) is 38.3 Å². The Labute approximate surface area is 168 Å². The number of aliphatic hydroxyl groups excluding tert-OH is 1. The highest BCUT2D eigenvalue weighted by Crippen LogP contribution is 2.41. The summed E-state index contributed by atoms with van der Waals surface area (Å²) in [6, 6.07) is 4.10. The van der Waals surface area contributed by atoms with Crippen molar-refractivity contribution >= 4 is 23.1 Å². The minimum atomic E-state index is -0.884. The predicted molar refractivity (Wildman–Crippen MR) is 105 cm³/mol. The van der Waals surface area contributed by atoms with Gasteiger partial charge in [-0.05, 0) is 38.1 Å². The van der Waals surface area contributed by atoms with Crippen LogP contribution in [0.15, 0.2) is 35.6 Å². The number of hydrogen-bond acceptors (Lipinski definition) is 5. The molecule has 3 heterocycles. The van der Waals surface area contributed by atoms with Crippen LogP contribution >= 0.6 is 0 Å². The number of halogens is 1. The molecule has 1 saturated heterocycles. The van der Waals surface area contributed by atoms with Crippen LogP contribution in [0, 0.1) is 5.82 Å². The molecule has 2 N–H and O–H groups in total. The molecule has 8 heteroatoms. The molecule has 0 aromatic heterocycles. The summed E-state index contributed by atoms with van der Waals surface area (Å²) in [6.07, 6.45) is 1.63. The Morgan fingerprint density at radius 1 is 1.28 bits per heavy atom. The summed E-state index contributed by atoms with van der Waals surface area (Å²) in [4.78, 5) is 29.5. The summed E-state index contributed by atoms with van der Waals surface area (Å²) in [6.45, 7) is 6.85. The van der Waals surface area contributed by atoms with Crippen LogP contribution in [-0.2, 0) is 14.3 Å². The van der Waals surface area contributed by atoms with E-state index in [1.807, 2.05) is 0 Å². The van der Waals surface area contributed by atoms with Gasteiger partial charge in [-0.2, -0.15) is 0 Å². The fourth-order valence-electron chi connectivity index (χ4n) is 3.98. The quantitative estimate of drug-likeness (QED) is 0.748. The Balaban J connectivity index is 1.62. The van der Waals surface area contributed by atoms with E-state index in [1.54, 1.807) is 24.8 Å². The van der Waals surface area contributed by atoms with Crippen molar-refractivity contribution < 1.29 is 23.8 Å². The van der Waals surface area contributed by atoms with Gasteiger partial charge in [-0.3, -0.25) is 14.5 Å². The first-order valence-corrected chi connectivity index (χ1v) is 9.69. The first kappa shape index (κ1) is 19.6. The topological polar surface area (TPSA) is 82.1 Å². The second kappa shape index (κ2) is 7.27. The largest absolute Gasteiger partial charge is 0.482 e. The number of benzene rings is 1. The number of rotatable bonds is 3. The first-order valence-electron chi connectivity index (χ1n) is 9.69. The third-order valence-corrected chi connectivity index (χ3v) is 5.57. The molecule has 3 aliphatic heterocycles. The van der Waals surface area contributed by atoms with E-state index in [4.69, 9.17) is 9.84 Å². The van der Waals surface area contributed by atoms with Crippen LogP contribution < -0.4 is 5.32 Å². The maximum Gasteiger partial charge on any atom is 0.260 e. The molecule has 3 aliphatic rings. The van der Waals surface area contributed by atoms with Crippen molar-refractivity contribution in [2.75, 3.05) is 44.6 Å². The molecule has 2 amide bonds. The second-order valence-electron chi connectivity index (χ2n) is 7.91. The summed E-state index contributed by atoms with van der Waals surface area (Å²) >= 11 is 0. The SMILES string of the molecule is CC1(C)O/C(=C2/C(=O)Nc3cc(F)ccc32)C=C1C(=O)N1CCN(CCO)CC1. The van der Waals surface area contributed by atoms with E-state index < -0.39 is 11.4 Å². The van der Waals surface area contributed by atoms with Crippen molar-refractivity contribution in [1.29, 1.82) is 0 Å². The molecular weight excluding hydrogens is 377 g/mol. The highest BCUT2D eigenvalue weighted by Gasteiger charge is 2.42. The molecule has 1 aromatic carbocycles. The zero-order valence-corrected chi connectivity index (χ0v) is 16.5. The maximum atomic E-state index is 13.5. The molecule has 0 bridgehead atoms. The zero-order chi connectivity index (χ0) is 20.8. The van der Waals surface area contributed by atoms with Gasteiger partial charge < -0.3 is 20.1 Å². The predicted octanol–water partition coefficient (Wildman–Crippen LogP) is 1.36. The van der Waals surface area contributed by atoms with Gasteiger partial charge in [-0.15, -0.1) is 0 Å². The van der Waals surface area contributed by atoms with Gasteiger partial charge in [0.25, 0.3) is 11.8 Å². The molecular formula is C21H24FN3O4. The third kappa shape index (κ3) is 3.54. The number of amides is 2. The highest BCUT2D eigenvalue weighted by molar-refractivity contribution is 6.32. The average Bonchev–Trinajstić information content (AvgIpc) is 3.16. The van der Waals surface area contributed by atoms with Gasteiger partial charge in [-0.25, -0.2) is 4.39 Å². The lowest BCUT2D eigenvalue weighted by atomic mass is 9.97. The van der Waals surface area contributed by atoms with Gasteiger partial charge in [0.2, 0.25) is 0 Å². The number of piperazine rings is 1. The Morgan fingerprint density at radius 2 is 2.00 bits per heavy atom. The lowest BCUT2D eigenvalue weighted by Crippen LogP contribution is -2.50. The van der Waals surface area contributed by atoms with Crippen molar-refractivity contribution in [2.45, 2.75) is 19.4 Å². The van der Waals surface area contributed by atoms with Gasteiger partial charge in [0.15, 0.2) is 0 Å². The van der Waals surface area contributed by atoms with Crippen LogP contribution in [0.2, 0.25) is 0 Å². The van der Waals surface area contributed by atoms with E-state index in [0.717, 1.165) is 0 Å². The van der Waals surface area contributed by atoms with E-state index in [0.29, 0.717) is 60.9 Å². The molecule has 1 fully saturated rings. The second-order valence-corrected chi connectivity index (χ2v) is 7.91. The van der Waals surface area contributed by atoms with Crippen LogP contribution in [0.25, 0.3) is 5.57 Å². The molecule has 0 aliphatic carbocycles. The van der Waals surface area contributed by atoms with E-state index in [2.05, 4.69) is 10.2 Å². The first-order chi connectivity index (χ1) is 13.8. The van der Waals surface area contributed by atoms with Crippen LogP contribution in [0.1, 0.15) is 19.4 Å². The van der Waals surface area contributed by atoms with Crippen LogP contribution in [0.4, 0.5) is 10.1 Å². The van der Waals surface area contributed by atoms with Crippen molar-refractivity contribution in [3.05, 3.63) is 47.0 Å². The lowest BCUT2D eigenvalue weighted by molar-refractivity contribution is -0.130. The van der Waals surface area contributed by atoms with Crippen molar-refractivity contribution in [3.8, 4) is 0 Å². The summed E-state index contributed by atoms with van der Waals surface area (Å²) in [5.41, 5.74) is 0.865. The van der Waals surface area contributed by atoms with Crippen LogP contribution in [0.5, 0.6) is 0 Å². The molecule has 0 spiro atoms. The number of fused-ring (bicyclic) bond motifs is 1.